The summed E-state index contributed by atoms with van der Waals surface area (Å²) >= 11 is 0. The average molecular weight is 368 g/mol. The monoisotopic (exact) mass is 367 g/mol. The fraction of sp³-hybridized carbons (Fsp3) is 0.579. The van der Waals surface area contributed by atoms with Gasteiger partial charge in [0.05, 0.1) is 0 Å². The number of carbonyl (C=O) groups excluding carboxylic acids is 2. The van der Waals surface area contributed by atoms with E-state index in [4.69, 9.17) is 5.73 Å². The largest absolute Gasteiger partial charge is 0.347 e. The number of benzene rings is 1. The number of rotatable bonds is 6. The summed E-state index contributed by atoms with van der Waals surface area (Å²) < 4.78 is 0. The van der Waals surface area contributed by atoms with Gasteiger partial charge in [0.1, 0.15) is 6.04 Å². The Morgan fingerprint density at radius 1 is 1.16 bits per heavy atom. The molecule has 0 heterocycles. The lowest BCUT2D eigenvalue weighted by Gasteiger charge is -2.29. The molecular formula is C19H30ClN3O2. The van der Waals surface area contributed by atoms with Gasteiger partial charge in [0.2, 0.25) is 11.8 Å². The van der Waals surface area contributed by atoms with Crippen molar-refractivity contribution in [3.63, 3.8) is 0 Å². The summed E-state index contributed by atoms with van der Waals surface area (Å²) in [5.41, 5.74) is 6.76. The molecular weight excluding hydrogens is 338 g/mol. The number of carbonyl (C=O) groups is 2. The molecule has 1 aliphatic rings. The fourth-order valence-electron chi connectivity index (χ4n) is 3.31. The third kappa shape index (κ3) is 6.33. The molecule has 0 radical (unpaired) electrons. The summed E-state index contributed by atoms with van der Waals surface area (Å²) in [4.78, 5) is 26.6. The molecule has 0 spiro atoms. The second-order valence-corrected chi connectivity index (χ2v) is 6.94. The minimum Gasteiger partial charge on any atom is -0.347 e. The lowest BCUT2D eigenvalue weighted by molar-refractivity contribution is -0.136. The molecule has 140 valence electrons. The normalized spacial score (nSPS) is 20.9. The third-order valence-corrected chi connectivity index (χ3v) is 4.89. The van der Waals surface area contributed by atoms with Gasteiger partial charge < -0.3 is 16.0 Å². The number of hydrogen-bond donors (Lipinski definition) is 2. The molecule has 0 aliphatic heterocycles. The molecule has 3 N–H and O–H groups in total. The van der Waals surface area contributed by atoms with E-state index < -0.39 is 6.04 Å². The SMILES string of the molecule is CN(C)C(=O)[C@H](Cc1ccccc1)NC(=O)[C@H]1CC[C@H](CN)CC1.Cl. The highest BCUT2D eigenvalue weighted by Crippen LogP contribution is 2.28. The number of halogens is 1. The Kier molecular flexibility index (Phi) is 8.93. The van der Waals surface area contributed by atoms with E-state index in [1.165, 1.54) is 0 Å². The van der Waals surface area contributed by atoms with Crippen molar-refractivity contribution < 1.29 is 9.59 Å². The van der Waals surface area contributed by atoms with Crippen molar-refractivity contribution in [1.29, 1.82) is 0 Å². The molecule has 0 bridgehead atoms. The lowest BCUT2D eigenvalue weighted by atomic mass is 9.81. The molecule has 1 aliphatic carbocycles. The molecule has 2 rings (SSSR count). The first-order chi connectivity index (χ1) is 11.5. The quantitative estimate of drug-likeness (QED) is 0.807. The lowest BCUT2D eigenvalue weighted by Crippen LogP contribution is -2.49. The second kappa shape index (κ2) is 10.4. The van der Waals surface area contributed by atoms with Crippen LogP contribution in [0.2, 0.25) is 0 Å². The molecule has 6 heteroatoms. The van der Waals surface area contributed by atoms with E-state index in [2.05, 4.69) is 5.32 Å². The maximum Gasteiger partial charge on any atom is 0.244 e. The van der Waals surface area contributed by atoms with Gasteiger partial charge in [-0.15, -0.1) is 12.4 Å². The zero-order valence-corrected chi connectivity index (χ0v) is 15.9. The zero-order valence-electron chi connectivity index (χ0n) is 15.1. The molecule has 25 heavy (non-hydrogen) atoms. The van der Waals surface area contributed by atoms with Crippen LogP contribution >= 0.6 is 12.4 Å². The van der Waals surface area contributed by atoms with Crippen molar-refractivity contribution >= 4 is 24.2 Å². The average Bonchev–Trinajstić information content (AvgIpc) is 2.61. The zero-order chi connectivity index (χ0) is 17.5. The predicted octanol–water partition coefficient (Wildman–Crippen LogP) is 1.99. The number of amides is 2. The fourth-order valence-corrected chi connectivity index (χ4v) is 3.31. The van der Waals surface area contributed by atoms with Crippen LogP contribution in [0.15, 0.2) is 30.3 Å². The van der Waals surface area contributed by atoms with E-state index >= 15 is 0 Å². The van der Waals surface area contributed by atoms with Crippen LogP contribution in [-0.4, -0.2) is 43.4 Å². The smallest absolute Gasteiger partial charge is 0.244 e. The molecule has 5 nitrogen and oxygen atoms in total. The van der Waals surface area contributed by atoms with E-state index in [0.29, 0.717) is 18.9 Å². The van der Waals surface area contributed by atoms with Crippen LogP contribution < -0.4 is 11.1 Å². The van der Waals surface area contributed by atoms with E-state index in [1.54, 1.807) is 19.0 Å². The third-order valence-electron chi connectivity index (χ3n) is 4.89. The Labute approximate surface area is 156 Å². The van der Waals surface area contributed by atoms with Gasteiger partial charge in [-0.05, 0) is 43.7 Å². The Hall–Kier alpha value is -1.59. The van der Waals surface area contributed by atoms with Crippen LogP contribution in [0.5, 0.6) is 0 Å². The highest BCUT2D eigenvalue weighted by molar-refractivity contribution is 5.88. The summed E-state index contributed by atoms with van der Waals surface area (Å²) in [7, 11) is 3.44. The van der Waals surface area contributed by atoms with Gasteiger partial charge in [0, 0.05) is 26.4 Å². The first-order valence-corrected chi connectivity index (χ1v) is 8.76. The van der Waals surface area contributed by atoms with Crippen molar-refractivity contribution in [1.82, 2.24) is 10.2 Å². The summed E-state index contributed by atoms with van der Waals surface area (Å²) in [5, 5.41) is 2.99. The molecule has 1 saturated carbocycles. The van der Waals surface area contributed by atoms with Crippen molar-refractivity contribution in [2.75, 3.05) is 20.6 Å². The van der Waals surface area contributed by atoms with Gasteiger partial charge in [-0.3, -0.25) is 9.59 Å². The molecule has 1 aromatic carbocycles. The minimum atomic E-state index is -0.512. The highest BCUT2D eigenvalue weighted by atomic mass is 35.5. The maximum atomic E-state index is 12.6. The van der Waals surface area contributed by atoms with E-state index in [0.717, 1.165) is 31.2 Å². The van der Waals surface area contributed by atoms with Crippen molar-refractivity contribution in [3.8, 4) is 0 Å². The first-order valence-electron chi connectivity index (χ1n) is 8.76. The van der Waals surface area contributed by atoms with Crippen molar-refractivity contribution in [2.45, 2.75) is 38.1 Å². The molecule has 0 saturated heterocycles. The van der Waals surface area contributed by atoms with Crippen LogP contribution in [0.3, 0.4) is 0 Å². The van der Waals surface area contributed by atoms with Crippen LogP contribution in [-0.2, 0) is 16.0 Å². The number of nitrogens with zero attached hydrogens (tertiary/aromatic N) is 1. The van der Waals surface area contributed by atoms with Gasteiger partial charge in [-0.1, -0.05) is 30.3 Å². The van der Waals surface area contributed by atoms with E-state index in [9.17, 15) is 9.59 Å². The molecule has 1 atom stereocenters. The van der Waals surface area contributed by atoms with E-state index in [1.807, 2.05) is 30.3 Å². The summed E-state index contributed by atoms with van der Waals surface area (Å²) in [6, 6.07) is 9.29. The number of likely N-dealkylation sites (N-methyl/N-ethyl adjacent to an activating group) is 1. The summed E-state index contributed by atoms with van der Waals surface area (Å²) in [5.74, 6) is 0.475. The predicted molar refractivity (Wildman–Crippen MR) is 103 cm³/mol. The van der Waals surface area contributed by atoms with Crippen LogP contribution in [0, 0.1) is 11.8 Å². The van der Waals surface area contributed by atoms with Crippen molar-refractivity contribution in [2.24, 2.45) is 17.6 Å². The Morgan fingerprint density at radius 3 is 2.28 bits per heavy atom. The van der Waals surface area contributed by atoms with Crippen LogP contribution in [0.25, 0.3) is 0 Å². The van der Waals surface area contributed by atoms with Crippen LogP contribution in [0.1, 0.15) is 31.2 Å². The Morgan fingerprint density at radius 2 is 1.76 bits per heavy atom. The standard InChI is InChI=1S/C19H29N3O2.ClH/c1-22(2)19(24)17(12-14-6-4-3-5-7-14)21-18(23)16-10-8-15(13-20)9-11-16;/h3-7,15-17H,8-13,20H2,1-2H3,(H,21,23);1H/t15-,16-,17-;/m0./s1. The van der Waals surface area contributed by atoms with Crippen LogP contribution in [0.4, 0.5) is 0 Å². The molecule has 1 aromatic rings. The van der Waals surface area contributed by atoms with Gasteiger partial charge in [0.15, 0.2) is 0 Å². The summed E-state index contributed by atoms with van der Waals surface area (Å²) in [6.07, 6.45) is 4.24. The topological polar surface area (TPSA) is 75.4 Å². The number of nitrogens with two attached hydrogens (primary N) is 1. The molecule has 2 amide bonds. The van der Waals surface area contributed by atoms with Crippen molar-refractivity contribution in [3.05, 3.63) is 35.9 Å². The summed E-state index contributed by atoms with van der Waals surface area (Å²) in [6.45, 7) is 0.698. The highest BCUT2D eigenvalue weighted by Gasteiger charge is 2.29. The maximum absolute atomic E-state index is 12.6. The van der Waals surface area contributed by atoms with Gasteiger partial charge in [-0.25, -0.2) is 0 Å². The van der Waals surface area contributed by atoms with Gasteiger partial charge >= 0.3 is 0 Å². The minimum absolute atomic E-state index is 0. The Balaban J connectivity index is 0.00000312. The first kappa shape index (κ1) is 21.5. The van der Waals surface area contributed by atoms with E-state index in [-0.39, 0.29) is 30.1 Å². The molecule has 1 fully saturated rings. The van der Waals surface area contributed by atoms with Gasteiger partial charge in [0.25, 0.3) is 0 Å². The molecule has 0 unspecified atom stereocenters. The number of nitrogens with one attached hydrogen (secondary N) is 1. The molecule has 0 aromatic heterocycles. The number of hydrogen-bond acceptors (Lipinski definition) is 3. The van der Waals surface area contributed by atoms with Gasteiger partial charge in [-0.2, -0.15) is 0 Å². The Bertz CT molecular complexity index is 543. The second-order valence-electron chi connectivity index (χ2n) is 6.94.